The smallest absolute Gasteiger partial charge is 0.249 e. The molecule has 10 heteroatoms. The standard InChI is InChI=1S/C65H121NO9/c1-3-5-7-9-11-13-15-17-18-19-20-21-22-23-24-25-26-27-28-29-30-31-32-33-34-35-36-37-38-39-40-41-42-44-46-48-50-52-54-59(69)64(73)66-57(56-74-65-63(72)62(71)61(70)60(55-67)75-65)58(68)53-51-49-47-45-43-16-14-12-10-8-6-4-2/h26-27,29-30,43,45,51,53,57-63,65,67-72H,3-25,28,31-42,44,46-50,52,54-56H2,1-2H3,(H,66,73)/b27-26-,30-29-,45-43+,53-51+. The van der Waals surface area contributed by atoms with E-state index in [0.29, 0.717) is 19.3 Å². The van der Waals surface area contributed by atoms with Gasteiger partial charge >= 0.3 is 0 Å². The molecule has 0 bridgehead atoms. The molecule has 10 nitrogen and oxygen atoms in total. The number of aliphatic hydroxyl groups is 6. The van der Waals surface area contributed by atoms with Crippen molar-refractivity contribution in [1.29, 1.82) is 0 Å². The Morgan fingerprint density at radius 2 is 0.827 bits per heavy atom. The number of amides is 1. The van der Waals surface area contributed by atoms with E-state index in [1.165, 1.54) is 225 Å². The number of rotatable bonds is 55. The van der Waals surface area contributed by atoms with E-state index in [1.807, 2.05) is 6.08 Å². The van der Waals surface area contributed by atoms with Gasteiger partial charge in [0.25, 0.3) is 0 Å². The van der Waals surface area contributed by atoms with E-state index < -0.39 is 61.5 Å². The maximum atomic E-state index is 13.1. The molecule has 0 aromatic heterocycles. The zero-order chi connectivity index (χ0) is 54.5. The minimum Gasteiger partial charge on any atom is -0.394 e. The van der Waals surface area contributed by atoms with Gasteiger partial charge in [-0.3, -0.25) is 4.79 Å². The maximum Gasteiger partial charge on any atom is 0.249 e. The zero-order valence-electron chi connectivity index (χ0n) is 48.7. The highest BCUT2D eigenvalue weighted by molar-refractivity contribution is 5.80. The largest absolute Gasteiger partial charge is 0.394 e. The van der Waals surface area contributed by atoms with E-state index in [-0.39, 0.29) is 6.61 Å². The lowest BCUT2D eigenvalue weighted by Crippen LogP contribution is -2.60. The number of hydrogen-bond acceptors (Lipinski definition) is 9. The Kier molecular flexibility index (Phi) is 51.3. The van der Waals surface area contributed by atoms with Gasteiger partial charge in [0.1, 0.15) is 30.5 Å². The summed E-state index contributed by atoms with van der Waals surface area (Å²) >= 11 is 0. The number of carbonyl (C=O) groups is 1. The zero-order valence-corrected chi connectivity index (χ0v) is 48.7. The monoisotopic (exact) mass is 1060 g/mol. The van der Waals surface area contributed by atoms with E-state index in [0.717, 1.165) is 38.5 Å². The van der Waals surface area contributed by atoms with Crippen LogP contribution in [0.2, 0.25) is 0 Å². The van der Waals surface area contributed by atoms with Gasteiger partial charge < -0.3 is 45.4 Å². The SMILES string of the molecule is CCCCCCCC/C=C/CC/C=C/C(O)C(COC1OC(CO)C(O)C(O)C1O)NC(=O)C(O)CCCCCCCCCCCCCCCCCC/C=C\C/C=C\CCCCCCCCCCCCCCCCC. The minimum absolute atomic E-state index is 0.304. The Labute approximate surface area is 461 Å². The molecule has 8 unspecified atom stereocenters. The minimum atomic E-state index is -1.62. The molecule has 0 aromatic rings. The van der Waals surface area contributed by atoms with Crippen molar-refractivity contribution in [3.8, 4) is 0 Å². The third kappa shape index (κ3) is 42.7. The molecule has 1 amide bonds. The average Bonchev–Trinajstić information content (AvgIpc) is 3.41. The van der Waals surface area contributed by atoms with Gasteiger partial charge in [0.2, 0.25) is 5.91 Å². The van der Waals surface area contributed by atoms with E-state index in [4.69, 9.17) is 9.47 Å². The number of aliphatic hydroxyl groups excluding tert-OH is 6. The van der Waals surface area contributed by atoms with Gasteiger partial charge in [-0.2, -0.15) is 0 Å². The Morgan fingerprint density at radius 1 is 0.467 bits per heavy atom. The second-order valence-electron chi connectivity index (χ2n) is 22.3. The first-order chi connectivity index (χ1) is 36.8. The number of hydrogen-bond donors (Lipinski definition) is 7. The number of ether oxygens (including phenoxy) is 2. The molecule has 1 fully saturated rings. The summed E-state index contributed by atoms with van der Waals surface area (Å²) in [7, 11) is 0. The predicted octanol–water partition coefficient (Wildman–Crippen LogP) is 15.4. The van der Waals surface area contributed by atoms with Gasteiger partial charge in [0.15, 0.2) is 6.29 Å². The highest BCUT2D eigenvalue weighted by atomic mass is 16.7. The number of carbonyl (C=O) groups excluding carboxylic acids is 1. The normalized spacial score (nSPS) is 19.6. The predicted molar refractivity (Wildman–Crippen MR) is 315 cm³/mol. The molecule has 0 saturated carbocycles. The van der Waals surface area contributed by atoms with E-state index in [9.17, 15) is 35.4 Å². The summed E-state index contributed by atoms with van der Waals surface area (Å²) in [5, 5.41) is 64.9. The van der Waals surface area contributed by atoms with Crippen LogP contribution in [0.5, 0.6) is 0 Å². The quantitative estimate of drug-likeness (QED) is 0.0232. The van der Waals surface area contributed by atoms with Gasteiger partial charge in [-0.15, -0.1) is 0 Å². The topological polar surface area (TPSA) is 169 Å². The average molecular weight is 1060 g/mol. The van der Waals surface area contributed by atoms with Crippen molar-refractivity contribution in [2.45, 2.75) is 345 Å². The van der Waals surface area contributed by atoms with Crippen LogP contribution in [-0.2, 0) is 14.3 Å². The van der Waals surface area contributed by atoms with Gasteiger partial charge in [0, 0.05) is 0 Å². The summed E-state index contributed by atoms with van der Waals surface area (Å²) in [6.45, 7) is 3.60. The van der Waals surface area contributed by atoms with Crippen LogP contribution in [0.15, 0.2) is 48.6 Å². The number of unbranched alkanes of at least 4 members (excludes halogenated alkanes) is 38. The molecule has 1 rings (SSSR count). The van der Waals surface area contributed by atoms with Crippen molar-refractivity contribution < 1.29 is 44.9 Å². The molecule has 0 aliphatic carbocycles. The van der Waals surface area contributed by atoms with Gasteiger partial charge in [-0.1, -0.05) is 281 Å². The number of allylic oxidation sites excluding steroid dienone is 7. The third-order valence-electron chi connectivity index (χ3n) is 15.2. The van der Waals surface area contributed by atoms with Gasteiger partial charge in [0.05, 0.1) is 25.4 Å². The molecular weight excluding hydrogens is 939 g/mol. The second kappa shape index (κ2) is 54.1. The fourth-order valence-corrected chi connectivity index (χ4v) is 10.1. The van der Waals surface area contributed by atoms with Crippen LogP contribution < -0.4 is 5.32 Å². The van der Waals surface area contributed by atoms with E-state index in [2.05, 4.69) is 55.6 Å². The lowest BCUT2D eigenvalue weighted by Gasteiger charge is -2.40. The molecule has 1 aliphatic heterocycles. The molecule has 8 atom stereocenters. The van der Waals surface area contributed by atoms with Crippen LogP contribution in [0.25, 0.3) is 0 Å². The van der Waals surface area contributed by atoms with Crippen LogP contribution in [0.3, 0.4) is 0 Å². The molecule has 1 aliphatic rings. The lowest BCUT2D eigenvalue weighted by atomic mass is 9.99. The first-order valence-electron chi connectivity index (χ1n) is 32.0. The van der Waals surface area contributed by atoms with Crippen molar-refractivity contribution in [2.75, 3.05) is 13.2 Å². The van der Waals surface area contributed by atoms with Crippen molar-refractivity contribution in [2.24, 2.45) is 0 Å². The van der Waals surface area contributed by atoms with Crippen molar-refractivity contribution in [1.82, 2.24) is 5.32 Å². The Balaban J connectivity index is 2.08. The van der Waals surface area contributed by atoms with Crippen molar-refractivity contribution in [3.63, 3.8) is 0 Å². The van der Waals surface area contributed by atoms with Crippen molar-refractivity contribution in [3.05, 3.63) is 48.6 Å². The lowest BCUT2D eigenvalue weighted by molar-refractivity contribution is -0.302. The maximum absolute atomic E-state index is 13.1. The van der Waals surface area contributed by atoms with Crippen LogP contribution in [-0.4, -0.2) is 98.7 Å². The van der Waals surface area contributed by atoms with Crippen LogP contribution in [0, 0.1) is 0 Å². The highest BCUT2D eigenvalue weighted by Gasteiger charge is 2.44. The summed E-state index contributed by atoms with van der Waals surface area (Å²) in [5.41, 5.74) is 0. The Hall–Kier alpha value is -1.89. The molecule has 0 aromatic carbocycles. The summed E-state index contributed by atoms with van der Waals surface area (Å²) in [5.74, 6) is -0.625. The second-order valence-corrected chi connectivity index (χ2v) is 22.3. The third-order valence-corrected chi connectivity index (χ3v) is 15.2. The summed E-state index contributed by atoms with van der Waals surface area (Å²) < 4.78 is 11.2. The van der Waals surface area contributed by atoms with Crippen LogP contribution >= 0.6 is 0 Å². The summed E-state index contributed by atoms with van der Waals surface area (Å²) in [6, 6.07) is -0.997. The van der Waals surface area contributed by atoms with E-state index in [1.54, 1.807) is 6.08 Å². The van der Waals surface area contributed by atoms with Crippen LogP contribution in [0.1, 0.15) is 296 Å². The fraction of sp³-hybridized carbons (Fsp3) is 0.862. The molecule has 1 heterocycles. The Bertz CT molecular complexity index is 1340. The molecule has 440 valence electrons. The summed E-state index contributed by atoms with van der Waals surface area (Å²) in [6.07, 6.45) is 62.7. The summed E-state index contributed by atoms with van der Waals surface area (Å²) in [4.78, 5) is 13.1. The van der Waals surface area contributed by atoms with Crippen LogP contribution in [0.4, 0.5) is 0 Å². The fourth-order valence-electron chi connectivity index (χ4n) is 10.1. The van der Waals surface area contributed by atoms with Gasteiger partial charge in [-0.05, 0) is 64.2 Å². The van der Waals surface area contributed by atoms with Gasteiger partial charge in [-0.25, -0.2) is 0 Å². The van der Waals surface area contributed by atoms with Crippen molar-refractivity contribution >= 4 is 5.91 Å². The highest BCUT2D eigenvalue weighted by Crippen LogP contribution is 2.23. The Morgan fingerprint density at radius 3 is 1.24 bits per heavy atom. The first kappa shape index (κ1) is 71.1. The molecule has 0 radical (unpaired) electrons. The molecular formula is C65H121NO9. The molecule has 0 spiro atoms. The van der Waals surface area contributed by atoms with E-state index >= 15 is 0 Å². The molecule has 75 heavy (non-hydrogen) atoms. The first-order valence-corrected chi connectivity index (χ1v) is 32.0. The molecule has 1 saturated heterocycles. The molecule has 7 N–H and O–H groups in total. The number of nitrogens with one attached hydrogen (secondary N) is 1.